The van der Waals surface area contributed by atoms with E-state index in [-0.39, 0.29) is 0 Å². The van der Waals surface area contributed by atoms with Crippen LogP contribution in [0.4, 0.5) is 0 Å². The van der Waals surface area contributed by atoms with Crippen LogP contribution in [0.2, 0.25) is 0 Å². The highest BCUT2D eigenvalue weighted by Gasteiger charge is 2.20. The zero-order valence-corrected chi connectivity index (χ0v) is 15.5. The summed E-state index contributed by atoms with van der Waals surface area (Å²) in [5.41, 5.74) is 4.60. The fraction of sp³-hybridized carbons (Fsp3) is 0.765. The second kappa shape index (κ2) is 8.33. The van der Waals surface area contributed by atoms with Crippen LogP contribution in [0.1, 0.15) is 73.1 Å². The standard InChI is InChI=1S/C17H30IN/c1-13(2)17-16(15(5)18)11-9-7-6-8-10-12-19(17)14(3)4/h14H,6-12H2,1-5H3/b16-15+. The van der Waals surface area contributed by atoms with E-state index in [0.717, 1.165) is 0 Å². The van der Waals surface area contributed by atoms with E-state index in [4.69, 9.17) is 0 Å². The minimum Gasteiger partial charge on any atom is -0.369 e. The first kappa shape index (κ1) is 17.1. The molecule has 0 spiro atoms. The van der Waals surface area contributed by atoms with E-state index < -0.39 is 0 Å². The summed E-state index contributed by atoms with van der Waals surface area (Å²) in [5, 5.41) is 0. The summed E-state index contributed by atoms with van der Waals surface area (Å²) in [6.07, 6.45) is 8.12. The lowest BCUT2D eigenvalue weighted by molar-refractivity contribution is 0.274. The molecular weight excluding hydrogens is 345 g/mol. The van der Waals surface area contributed by atoms with Crippen molar-refractivity contribution in [1.82, 2.24) is 4.90 Å². The van der Waals surface area contributed by atoms with Gasteiger partial charge in [-0.2, -0.15) is 0 Å². The summed E-state index contributed by atoms with van der Waals surface area (Å²) in [4.78, 5) is 2.64. The molecule has 1 nitrogen and oxygen atoms in total. The number of halogens is 1. The first-order valence-electron chi connectivity index (χ1n) is 7.75. The van der Waals surface area contributed by atoms with Gasteiger partial charge in [0.25, 0.3) is 0 Å². The average molecular weight is 375 g/mol. The molecule has 0 unspecified atom stereocenters. The van der Waals surface area contributed by atoms with Gasteiger partial charge in [0.1, 0.15) is 0 Å². The van der Waals surface area contributed by atoms with Gasteiger partial charge in [-0.15, -0.1) is 0 Å². The van der Waals surface area contributed by atoms with Crippen LogP contribution in [-0.4, -0.2) is 17.5 Å². The van der Waals surface area contributed by atoms with Gasteiger partial charge in [0, 0.05) is 18.3 Å². The third kappa shape index (κ3) is 5.13. The lowest BCUT2D eigenvalue weighted by atomic mass is 9.96. The van der Waals surface area contributed by atoms with Crippen molar-refractivity contribution in [3.05, 3.63) is 20.4 Å². The fourth-order valence-corrected chi connectivity index (χ4v) is 3.48. The molecule has 0 aromatic heterocycles. The minimum atomic E-state index is 0.593. The van der Waals surface area contributed by atoms with Crippen LogP contribution in [0.3, 0.4) is 0 Å². The first-order chi connectivity index (χ1) is 8.95. The van der Waals surface area contributed by atoms with Gasteiger partial charge in [-0.3, -0.25) is 0 Å². The molecule has 1 saturated heterocycles. The van der Waals surface area contributed by atoms with E-state index in [0.29, 0.717) is 6.04 Å². The Hall–Kier alpha value is 0.01000. The Morgan fingerprint density at radius 2 is 1.58 bits per heavy atom. The predicted octanol–water partition coefficient (Wildman–Crippen LogP) is 6.05. The maximum Gasteiger partial charge on any atom is 0.0394 e. The van der Waals surface area contributed by atoms with Gasteiger partial charge in [-0.05, 0) is 85.6 Å². The molecule has 19 heavy (non-hydrogen) atoms. The molecule has 0 bridgehead atoms. The van der Waals surface area contributed by atoms with Crippen molar-refractivity contribution in [1.29, 1.82) is 0 Å². The van der Waals surface area contributed by atoms with Crippen LogP contribution >= 0.6 is 22.6 Å². The van der Waals surface area contributed by atoms with Crippen molar-refractivity contribution >= 4 is 22.6 Å². The van der Waals surface area contributed by atoms with Gasteiger partial charge in [0.15, 0.2) is 0 Å². The Labute approximate surface area is 133 Å². The van der Waals surface area contributed by atoms with Gasteiger partial charge >= 0.3 is 0 Å². The summed E-state index contributed by atoms with van der Waals surface area (Å²) in [5.74, 6) is 0. The van der Waals surface area contributed by atoms with Crippen molar-refractivity contribution < 1.29 is 0 Å². The topological polar surface area (TPSA) is 3.24 Å². The van der Waals surface area contributed by atoms with E-state index in [1.54, 1.807) is 5.57 Å². The monoisotopic (exact) mass is 375 g/mol. The molecule has 1 fully saturated rings. The van der Waals surface area contributed by atoms with Gasteiger partial charge in [0.2, 0.25) is 0 Å². The fourth-order valence-electron chi connectivity index (χ4n) is 2.96. The van der Waals surface area contributed by atoms with Crippen molar-refractivity contribution in [2.24, 2.45) is 0 Å². The number of hydrogen-bond donors (Lipinski definition) is 0. The van der Waals surface area contributed by atoms with Gasteiger partial charge < -0.3 is 4.90 Å². The second-order valence-electron chi connectivity index (χ2n) is 6.17. The summed E-state index contributed by atoms with van der Waals surface area (Å²) >= 11 is 2.51. The van der Waals surface area contributed by atoms with Crippen LogP contribution < -0.4 is 0 Å². The zero-order chi connectivity index (χ0) is 14.4. The van der Waals surface area contributed by atoms with E-state index >= 15 is 0 Å². The summed E-state index contributed by atoms with van der Waals surface area (Å²) in [7, 11) is 0. The first-order valence-corrected chi connectivity index (χ1v) is 8.82. The van der Waals surface area contributed by atoms with Crippen molar-refractivity contribution in [2.45, 2.75) is 79.2 Å². The summed E-state index contributed by atoms with van der Waals surface area (Å²) < 4.78 is 1.47. The molecule has 110 valence electrons. The average Bonchev–Trinajstić information content (AvgIpc) is 2.33. The Balaban J connectivity index is 3.17. The quantitative estimate of drug-likeness (QED) is 0.504. The molecule has 0 aromatic rings. The van der Waals surface area contributed by atoms with E-state index in [2.05, 4.69) is 62.1 Å². The van der Waals surface area contributed by atoms with Gasteiger partial charge in [-0.1, -0.05) is 24.8 Å². The Morgan fingerprint density at radius 3 is 2.11 bits per heavy atom. The molecule has 1 aliphatic rings. The van der Waals surface area contributed by atoms with Crippen molar-refractivity contribution in [3.63, 3.8) is 0 Å². The molecule has 0 radical (unpaired) electrons. The van der Waals surface area contributed by atoms with Crippen LogP contribution in [-0.2, 0) is 0 Å². The lowest BCUT2D eigenvalue weighted by Crippen LogP contribution is -2.33. The Bertz CT molecular complexity index is 344. The number of nitrogens with zero attached hydrogens (tertiary/aromatic N) is 1. The minimum absolute atomic E-state index is 0.593. The second-order valence-corrected chi connectivity index (χ2v) is 7.78. The highest BCUT2D eigenvalue weighted by atomic mass is 127. The van der Waals surface area contributed by atoms with E-state index in [1.165, 1.54) is 59.9 Å². The molecule has 0 aromatic carbocycles. The van der Waals surface area contributed by atoms with E-state index in [1.807, 2.05) is 0 Å². The van der Waals surface area contributed by atoms with Crippen LogP contribution in [0.15, 0.2) is 20.4 Å². The third-order valence-corrected chi connectivity index (χ3v) is 4.56. The van der Waals surface area contributed by atoms with Gasteiger partial charge in [-0.25, -0.2) is 0 Å². The highest BCUT2D eigenvalue weighted by Crippen LogP contribution is 2.32. The third-order valence-electron chi connectivity index (χ3n) is 3.91. The molecule has 0 amide bonds. The van der Waals surface area contributed by atoms with Crippen molar-refractivity contribution in [3.8, 4) is 0 Å². The molecule has 1 heterocycles. The molecular formula is C17H30IN. The molecule has 0 atom stereocenters. The normalized spacial score (nSPS) is 21.6. The Kier molecular flexibility index (Phi) is 7.48. The predicted molar refractivity (Wildman–Crippen MR) is 94.6 cm³/mol. The van der Waals surface area contributed by atoms with Crippen LogP contribution in [0.5, 0.6) is 0 Å². The van der Waals surface area contributed by atoms with E-state index in [9.17, 15) is 0 Å². The Morgan fingerprint density at radius 1 is 1.00 bits per heavy atom. The molecule has 1 rings (SSSR count). The maximum absolute atomic E-state index is 2.64. The highest BCUT2D eigenvalue weighted by molar-refractivity contribution is 14.1. The van der Waals surface area contributed by atoms with Gasteiger partial charge in [0.05, 0.1) is 0 Å². The largest absolute Gasteiger partial charge is 0.369 e. The summed E-state index contributed by atoms with van der Waals surface area (Å²) in [6, 6.07) is 0.593. The number of rotatable bonds is 1. The molecule has 2 heteroatoms. The number of allylic oxidation sites excluding steroid dienone is 3. The lowest BCUT2D eigenvalue weighted by Gasteiger charge is -2.35. The maximum atomic E-state index is 2.64. The zero-order valence-electron chi connectivity index (χ0n) is 13.4. The number of hydrogen-bond acceptors (Lipinski definition) is 1. The molecule has 0 saturated carbocycles. The molecule has 0 aliphatic carbocycles. The van der Waals surface area contributed by atoms with Crippen molar-refractivity contribution in [2.75, 3.05) is 6.54 Å². The summed E-state index contributed by atoms with van der Waals surface area (Å²) in [6.45, 7) is 12.7. The van der Waals surface area contributed by atoms with Crippen LogP contribution in [0, 0.1) is 0 Å². The molecule has 0 N–H and O–H groups in total. The molecule has 1 aliphatic heterocycles. The smallest absolute Gasteiger partial charge is 0.0394 e. The van der Waals surface area contributed by atoms with Crippen LogP contribution in [0.25, 0.3) is 0 Å². The SMILES string of the molecule is CC(C)=C1/C(=C(\C)I)CCCCCCCN1C(C)C.